The summed E-state index contributed by atoms with van der Waals surface area (Å²) in [4.78, 5) is 30.8. The van der Waals surface area contributed by atoms with Crippen molar-refractivity contribution in [3.05, 3.63) is 18.2 Å². The van der Waals surface area contributed by atoms with Gasteiger partial charge in [-0.05, 0) is 26.0 Å². The van der Waals surface area contributed by atoms with E-state index in [2.05, 4.69) is 9.97 Å². The molecule has 0 bridgehead atoms. The van der Waals surface area contributed by atoms with E-state index in [4.69, 9.17) is 9.47 Å². The number of thioether (sulfide) groups is 1. The summed E-state index contributed by atoms with van der Waals surface area (Å²) in [5, 5.41) is -0.418. The smallest absolute Gasteiger partial charge is 0.327 e. The van der Waals surface area contributed by atoms with Crippen molar-refractivity contribution in [3.63, 3.8) is 0 Å². The first-order valence-corrected chi connectivity index (χ1v) is 7.30. The van der Waals surface area contributed by atoms with Crippen LogP contribution in [-0.4, -0.2) is 40.7 Å². The summed E-state index contributed by atoms with van der Waals surface area (Å²) in [5.41, 5.74) is 1.52. The maximum atomic E-state index is 11.8. The fourth-order valence-electron chi connectivity index (χ4n) is 1.77. The van der Waals surface area contributed by atoms with Crippen LogP contribution in [0.5, 0.6) is 5.75 Å². The number of aromatic nitrogens is 2. The largest absolute Gasteiger partial charge is 0.497 e. The highest BCUT2D eigenvalue weighted by Gasteiger charge is 2.27. The number of ether oxygens (including phenoxy) is 2. The zero-order chi connectivity index (χ0) is 15.4. The number of H-pyrrole nitrogens is 1. The first kappa shape index (κ1) is 15.4. The number of carbonyl (C=O) groups is 2. The van der Waals surface area contributed by atoms with Crippen LogP contribution in [-0.2, 0) is 14.3 Å². The molecule has 1 aromatic heterocycles. The fourth-order valence-corrected chi connectivity index (χ4v) is 2.65. The number of Topliss-reactive ketones (excluding diaryl/α,β-unsaturated/α-hetero) is 1. The van der Waals surface area contributed by atoms with E-state index >= 15 is 0 Å². The molecule has 0 amide bonds. The topological polar surface area (TPSA) is 81.3 Å². The number of fused-ring (bicyclic) bond motifs is 1. The highest BCUT2D eigenvalue weighted by atomic mass is 32.2. The van der Waals surface area contributed by atoms with Crippen LogP contribution in [0.25, 0.3) is 11.0 Å². The normalized spacial score (nSPS) is 12.1. The van der Waals surface area contributed by atoms with Gasteiger partial charge in [0.1, 0.15) is 5.75 Å². The minimum absolute atomic E-state index is 0.237. The highest BCUT2D eigenvalue weighted by molar-refractivity contribution is 8.01. The third-order valence-corrected chi connectivity index (χ3v) is 3.94. The van der Waals surface area contributed by atoms with E-state index in [0.29, 0.717) is 10.9 Å². The van der Waals surface area contributed by atoms with Crippen molar-refractivity contribution >= 4 is 34.5 Å². The molecule has 1 atom stereocenters. The molecule has 2 aromatic rings. The SMILES string of the molecule is CCOC(=O)C(Sc1nc2ccc(OC)cc2[nH]1)C(C)=O. The number of imidazole rings is 1. The third-order valence-electron chi connectivity index (χ3n) is 2.77. The van der Waals surface area contributed by atoms with Crippen molar-refractivity contribution in [2.45, 2.75) is 24.3 Å². The van der Waals surface area contributed by atoms with Gasteiger partial charge in [-0.2, -0.15) is 0 Å². The van der Waals surface area contributed by atoms with Crippen LogP contribution >= 0.6 is 11.8 Å². The average Bonchev–Trinajstić information content (AvgIpc) is 2.85. The van der Waals surface area contributed by atoms with Gasteiger partial charge in [0.05, 0.1) is 24.8 Å². The molecule has 21 heavy (non-hydrogen) atoms. The Balaban J connectivity index is 2.24. The Morgan fingerprint density at radius 2 is 2.19 bits per heavy atom. The zero-order valence-corrected chi connectivity index (χ0v) is 12.8. The van der Waals surface area contributed by atoms with Gasteiger partial charge in [0.25, 0.3) is 0 Å². The van der Waals surface area contributed by atoms with Crippen molar-refractivity contribution in [1.29, 1.82) is 0 Å². The van der Waals surface area contributed by atoms with Crippen LogP contribution in [0.1, 0.15) is 13.8 Å². The summed E-state index contributed by atoms with van der Waals surface area (Å²) >= 11 is 1.05. The molecule has 0 radical (unpaired) electrons. The van der Waals surface area contributed by atoms with Crippen LogP contribution in [0.3, 0.4) is 0 Å². The molecule has 7 heteroatoms. The highest BCUT2D eigenvalue weighted by Crippen LogP contribution is 2.26. The first-order valence-electron chi connectivity index (χ1n) is 6.42. The Labute approximate surface area is 126 Å². The van der Waals surface area contributed by atoms with Crippen molar-refractivity contribution in [1.82, 2.24) is 9.97 Å². The van der Waals surface area contributed by atoms with Crippen molar-refractivity contribution in [2.24, 2.45) is 0 Å². The number of methoxy groups -OCH3 is 1. The van der Waals surface area contributed by atoms with Gasteiger partial charge in [-0.1, -0.05) is 11.8 Å². The molecule has 0 fully saturated rings. The maximum Gasteiger partial charge on any atom is 0.327 e. The molecular weight excluding hydrogens is 292 g/mol. The number of hydrogen-bond acceptors (Lipinski definition) is 6. The van der Waals surface area contributed by atoms with Gasteiger partial charge in [-0.3, -0.25) is 9.59 Å². The van der Waals surface area contributed by atoms with Crippen molar-refractivity contribution < 1.29 is 19.1 Å². The number of aromatic amines is 1. The molecule has 1 heterocycles. The lowest BCUT2D eigenvalue weighted by Crippen LogP contribution is -2.27. The first-order chi connectivity index (χ1) is 10.0. The average molecular weight is 308 g/mol. The van der Waals surface area contributed by atoms with Gasteiger partial charge >= 0.3 is 5.97 Å². The maximum absolute atomic E-state index is 11.8. The number of nitrogens with zero attached hydrogens (tertiary/aromatic N) is 1. The second-order valence-electron chi connectivity index (χ2n) is 4.29. The van der Waals surface area contributed by atoms with Crippen LogP contribution in [0, 0.1) is 0 Å². The summed E-state index contributed by atoms with van der Waals surface area (Å²) < 4.78 is 10.0. The molecule has 1 aromatic carbocycles. The Hall–Kier alpha value is -2.02. The van der Waals surface area contributed by atoms with Gasteiger partial charge in [-0.25, -0.2) is 4.98 Å². The molecule has 2 rings (SSSR count). The van der Waals surface area contributed by atoms with E-state index in [1.165, 1.54) is 6.92 Å². The predicted octanol–water partition coefficient (Wildman–Crippen LogP) is 2.18. The van der Waals surface area contributed by atoms with E-state index in [1.807, 2.05) is 6.07 Å². The van der Waals surface area contributed by atoms with Gasteiger partial charge in [-0.15, -0.1) is 0 Å². The molecule has 0 aliphatic heterocycles. The Bertz CT molecular complexity index is 668. The Morgan fingerprint density at radius 1 is 1.43 bits per heavy atom. The second kappa shape index (κ2) is 6.62. The predicted molar refractivity (Wildman–Crippen MR) is 79.6 cm³/mol. The Kier molecular flexibility index (Phi) is 4.85. The summed E-state index contributed by atoms with van der Waals surface area (Å²) in [7, 11) is 1.58. The number of carbonyl (C=O) groups excluding carboxylic acids is 2. The van der Waals surface area contributed by atoms with Crippen molar-refractivity contribution in [3.8, 4) is 5.75 Å². The minimum atomic E-state index is -0.910. The standard InChI is InChI=1S/C14H16N2O4S/c1-4-20-13(18)12(8(2)17)21-14-15-10-6-5-9(19-3)7-11(10)16-14/h5-7,12H,4H2,1-3H3,(H,15,16). The van der Waals surface area contributed by atoms with Crippen LogP contribution in [0.15, 0.2) is 23.4 Å². The molecule has 112 valence electrons. The van der Waals surface area contributed by atoms with Crippen LogP contribution in [0.2, 0.25) is 0 Å². The molecule has 0 aliphatic carbocycles. The number of esters is 1. The molecule has 6 nitrogen and oxygen atoms in total. The number of rotatable bonds is 6. The Morgan fingerprint density at radius 3 is 2.81 bits per heavy atom. The molecule has 0 spiro atoms. The lowest BCUT2D eigenvalue weighted by molar-refractivity contribution is -0.144. The van der Waals surface area contributed by atoms with E-state index in [1.54, 1.807) is 26.2 Å². The molecular formula is C14H16N2O4S. The molecule has 0 aliphatic rings. The minimum Gasteiger partial charge on any atom is -0.497 e. The van der Waals surface area contributed by atoms with Gasteiger partial charge in [0.15, 0.2) is 16.2 Å². The lowest BCUT2D eigenvalue weighted by atomic mass is 10.3. The van der Waals surface area contributed by atoms with E-state index in [9.17, 15) is 9.59 Å². The molecule has 1 unspecified atom stereocenters. The van der Waals surface area contributed by atoms with Crippen molar-refractivity contribution in [2.75, 3.05) is 13.7 Å². The number of benzene rings is 1. The van der Waals surface area contributed by atoms with E-state index < -0.39 is 11.2 Å². The van der Waals surface area contributed by atoms with E-state index in [0.717, 1.165) is 22.8 Å². The zero-order valence-electron chi connectivity index (χ0n) is 12.0. The fraction of sp³-hybridized carbons (Fsp3) is 0.357. The summed E-state index contributed by atoms with van der Waals surface area (Å²) in [6.07, 6.45) is 0. The molecule has 0 saturated heterocycles. The summed E-state index contributed by atoms with van der Waals surface area (Å²) in [5.74, 6) is -0.110. The summed E-state index contributed by atoms with van der Waals surface area (Å²) in [6.45, 7) is 3.30. The van der Waals surface area contributed by atoms with E-state index in [-0.39, 0.29) is 12.4 Å². The summed E-state index contributed by atoms with van der Waals surface area (Å²) in [6, 6.07) is 5.41. The van der Waals surface area contributed by atoms with Gasteiger partial charge in [0.2, 0.25) is 0 Å². The molecule has 0 saturated carbocycles. The number of ketones is 1. The van der Waals surface area contributed by atoms with Crippen LogP contribution in [0.4, 0.5) is 0 Å². The van der Waals surface area contributed by atoms with Gasteiger partial charge < -0.3 is 14.5 Å². The number of hydrogen-bond donors (Lipinski definition) is 1. The molecule has 1 N–H and O–H groups in total. The monoisotopic (exact) mass is 308 g/mol. The number of nitrogens with one attached hydrogen (secondary N) is 1. The van der Waals surface area contributed by atoms with Crippen LogP contribution < -0.4 is 4.74 Å². The second-order valence-corrected chi connectivity index (χ2v) is 5.38. The quantitative estimate of drug-likeness (QED) is 0.500. The lowest BCUT2D eigenvalue weighted by Gasteiger charge is -2.09. The third kappa shape index (κ3) is 3.55. The van der Waals surface area contributed by atoms with Gasteiger partial charge in [0, 0.05) is 6.07 Å².